The van der Waals surface area contributed by atoms with Gasteiger partial charge in [0.25, 0.3) is 0 Å². The maximum atomic E-state index is 11.8. The molecular weight excluding hydrogens is 348 g/mol. The van der Waals surface area contributed by atoms with Crippen LogP contribution in [0.3, 0.4) is 0 Å². The first-order valence-corrected chi connectivity index (χ1v) is 7.55. The van der Waals surface area contributed by atoms with Crippen molar-refractivity contribution in [3.8, 4) is 46.0 Å². The number of carbonyl (C=O) groups is 1. The number of hydrogen-bond donors (Lipinski definition) is 6. The summed E-state index contributed by atoms with van der Waals surface area (Å²) in [5.41, 5.74) is 0. The molecule has 26 heavy (non-hydrogen) atoms. The van der Waals surface area contributed by atoms with E-state index < -0.39 is 34.5 Å². The standard InChI is InChI=1S/C17H18O9/c18-9(1-3-25-10-5-12(19)16(23)13(20)6-10)2-4-26-11-7-14(21)17(24)15(22)8-11/h5-8,19-24H,1-4H2. The van der Waals surface area contributed by atoms with Crippen LogP contribution in [0.4, 0.5) is 0 Å². The Labute approximate surface area is 147 Å². The second-order valence-corrected chi connectivity index (χ2v) is 5.36. The molecule has 0 atom stereocenters. The SMILES string of the molecule is O=C(CCOc1cc(O)c(O)c(O)c1)CCOc1cc(O)c(O)c(O)c1. The number of hydrogen-bond acceptors (Lipinski definition) is 9. The van der Waals surface area contributed by atoms with Crippen molar-refractivity contribution in [2.24, 2.45) is 0 Å². The molecule has 6 N–H and O–H groups in total. The number of Topliss-reactive ketones (excluding diaryl/α,β-unsaturated/α-hetero) is 1. The second kappa shape index (κ2) is 8.06. The van der Waals surface area contributed by atoms with Gasteiger partial charge in [-0.3, -0.25) is 4.79 Å². The molecule has 0 unspecified atom stereocenters. The molecule has 0 fully saturated rings. The van der Waals surface area contributed by atoms with Crippen molar-refractivity contribution in [1.82, 2.24) is 0 Å². The van der Waals surface area contributed by atoms with Crippen molar-refractivity contribution in [1.29, 1.82) is 0 Å². The molecule has 0 radical (unpaired) electrons. The smallest absolute Gasteiger partial charge is 0.200 e. The molecule has 0 amide bonds. The van der Waals surface area contributed by atoms with Crippen LogP contribution in [0.15, 0.2) is 24.3 Å². The highest BCUT2D eigenvalue weighted by Crippen LogP contribution is 2.39. The zero-order valence-electron chi connectivity index (χ0n) is 13.5. The van der Waals surface area contributed by atoms with E-state index in [2.05, 4.69) is 0 Å². The number of phenols is 6. The highest BCUT2D eigenvalue weighted by atomic mass is 16.5. The summed E-state index contributed by atoms with van der Waals surface area (Å²) < 4.78 is 10.4. The molecule has 0 aromatic heterocycles. The van der Waals surface area contributed by atoms with E-state index in [1.165, 1.54) is 0 Å². The van der Waals surface area contributed by atoms with Crippen LogP contribution in [0.25, 0.3) is 0 Å². The van der Waals surface area contributed by atoms with Gasteiger partial charge >= 0.3 is 0 Å². The van der Waals surface area contributed by atoms with Gasteiger partial charge in [0.2, 0.25) is 11.5 Å². The van der Waals surface area contributed by atoms with E-state index in [0.717, 1.165) is 24.3 Å². The van der Waals surface area contributed by atoms with Crippen LogP contribution in [0, 0.1) is 0 Å². The van der Waals surface area contributed by atoms with Gasteiger partial charge in [-0.25, -0.2) is 0 Å². The minimum atomic E-state index is -0.656. The Bertz CT molecular complexity index is 689. The monoisotopic (exact) mass is 366 g/mol. The Morgan fingerprint density at radius 3 is 1.27 bits per heavy atom. The number of carbonyl (C=O) groups excluding carboxylic acids is 1. The maximum absolute atomic E-state index is 11.8. The van der Waals surface area contributed by atoms with Gasteiger partial charge in [0.15, 0.2) is 23.0 Å². The van der Waals surface area contributed by atoms with Crippen LogP contribution in [-0.4, -0.2) is 49.6 Å². The van der Waals surface area contributed by atoms with Crippen LogP contribution < -0.4 is 9.47 Å². The summed E-state index contributed by atoms with van der Waals surface area (Å²) in [5, 5.41) is 55.8. The van der Waals surface area contributed by atoms with Crippen LogP contribution in [0.2, 0.25) is 0 Å². The molecule has 2 aromatic carbocycles. The predicted molar refractivity (Wildman–Crippen MR) is 88.1 cm³/mol. The minimum absolute atomic E-state index is 0.0106. The summed E-state index contributed by atoms with van der Waals surface area (Å²) in [5.74, 6) is -3.48. The molecule has 0 aliphatic carbocycles. The van der Waals surface area contributed by atoms with E-state index in [0.29, 0.717) is 0 Å². The third-order valence-corrected chi connectivity index (χ3v) is 3.39. The molecule has 9 nitrogen and oxygen atoms in total. The van der Waals surface area contributed by atoms with E-state index in [-0.39, 0.29) is 43.3 Å². The van der Waals surface area contributed by atoms with Gasteiger partial charge in [-0.1, -0.05) is 0 Å². The van der Waals surface area contributed by atoms with E-state index in [1.807, 2.05) is 0 Å². The lowest BCUT2D eigenvalue weighted by atomic mass is 10.2. The zero-order valence-corrected chi connectivity index (χ0v) is 13.5. The fourth-order valence-corrected chi connectivity index (χ4v) is 2.02. The summed E-state index contributed by atoms with van der Waals surface area (Å²) in [4.78, 5) is 11.8. The average Bonchev–Trinajstić information content (AvgIpc) is 2.57. The van der Waals surface area contributed by atoms with Crippen LogP contribution in [0.5, 0.6) is 46.0 Å². The number of benzene rings is 2. The highest BCUT2D eigenvalue weighted by Gasteiger charge is 2.11. The lowest BCUT2D eigenvalue weighted by molar-refractivity contribution is -0.120. The van der Waals surface area contributed by atoms with Gasteiger partial charge in [0, 0.05) is 37.1 Å². The average molecular weight is 366 g/mol. The molecule has 2 aromatic rings. The van der Waals surface area contributed by atoms with E-state index in [9.17, 15) is 35.4 Å². The normalized spacial score (nSPS) is 10.5. The van der Waals surface area contributed by atoms with Crippen molar-refractivity contribution < 1.29 is 44.9 Å². The van der Waals surface area contributed by atoms with Crippen LogP contribution >= 0.6 is 0 Å². The quantitative estimate of drug-likeness (QED) is 0.383. The van der Waals surface area contributed by atoms with E-state index >= 15 is 0 Å². The largest absolute Gasteiger partial charge is 0.504 e. The Morgan fingerprint density at radius 2 is 0.962 bits per heavy atom. The molecule has 0 heterocycles. The Morgan fingerprint density at radius 1 is 0.654 bits per heavy atom. The van der Waals surface area contributed by atoms with Crippen LogP contribution in [-0.2, 0) is 4.79 Å². The Balaban J connectivity index is 1.74. The number of ketones is 1. The topological polar surface area (TPSA) is 157 Å². The lowest BCUT2D eigenvalue weighted by Crippen LogP contribution is -2.10. The van der Waals surface area contributed by atoms with Gasteiger partial charge in [-0.2, -0.15) is 0 Å². The summed E-state index contributed by atoms with van der Waals surface area (Å²) >= 11 is 0. The molecule has 0 aliphatic rings. The summed E-state index contributed by atoms with van der Waals surface area (Å²) in [6, 6.07) is 4.41. The lowest BCUT2D eigenvalue weighted by Gasteiger charge is -2.09. The van der Waals surface area contributed by atoms with E-state index in [1.54, 1.807) is 0 Å². The second-order valence-electron chi connectivity index (χ2n) is 5.36. The van der Waals surface area contributed by atoms with Crippen molar-refractivity contribution in [3.63, 3.8) is 0 Å². The van der Waals surface area contributed by atoms with Crippen molar-refractivity contribution in [2.45, 2.75) is 12.8 Å². The number of aromatic hydroxyl groups is 6. The third-order valence-electron chi connectivity index (χ3n) is 3.39. The van der Waals surface area contributed by atoms with Gasteiger partial charge < -0.3 is 40.1 Å². The molecule has 0 spiro atoms. The third kappa shape index (κ3) is 4.76. The Kier molecular flexibility index (Phi) is 5.84. The van der Waals surface area contributed by atoms with Gasteiger partial charge in [-0.15, -0.1) is 0 Å². The first-order valence-electron chi connectivity index (χ1n) is 7.55. The van der Waals surface area contributed by atoms with Crippen molar-refractivity contribution >= 4 is 5.78 Å². The fourth-order valence-electron chi connectivity index (χ4n) is 2.02. The molecule has 9 heteroatoms. The molecule has 0 aliphatic heterocycles. The number of rotatable bonds is 8. The van der Waals surface area contributed by atoms with Crippen molar-refractivity contribution in [3.05, 3.63) is 24.3 Å². The molecule has 140 valence electrons. The molecule has 2 rings (SSSR count). The molecular formula is C17H18O9. The number of phenolic OH excluding ortho intramolecular Hbond substituents is 6. The first-order chi connectivity index (χ1) is 12.3. The Hall–Kier alpha value is -3.49. The maximum Gasteiger partial charge on any atom is 0.200 e. The first kappa shape index (κ1) is 18.8. The molecule has 0 bridgehead atoms. The van der Waals surface area contributed by atoms with Gasteiger partial charge in [-0.05, 0) is 0 Å². The van der Waals surface area contributed by atoms with Crippen molar-refractivity contribution in [2.75, 3.05) is 13.2 Å². The minimum Gasteiger partial charge on any atom is -0.504 e. The van der Waals surface area contributed by atoms with E-state index in [4.69, 9.17) is 9.47 Å². The summed E-state index contributed by atoms with van der Waals surface area (Å²) in [6.07, 6.45) is 0.0790. The highest BCUT2D eigenvalue weighted by molar-refractivity contribution is 5.78. The summed E-state index contributed by atoms with van der Waals surface area (Å²) in [6.45, 7) is -0.0213. The molecule has 0 saturated heterocycles. The fraction of sp³-hybridized carbons (Fsp3) is 0.235. The predicted octanol–water partition coefficient (Wildman–Crippen LogP) is 1.73. The van der Waals surface area contributed by atoms with Crippen LogP contribution in [0.1, 0.15) is 12.8 Å². The van der Waals surface area contributed by atoms with Gasteiger partial charge in [0.05, 0.1) is 13.2 Å². The summed E-state index contributed by atoms with van der Waals surface area (Å²) in [7, 11) is 0. The number of ether oxygens (including phenoxy) is 2. The zero-order chi connectivity index (χ0) is 19.3. The molecule has 0 saturated carbocycles. The van der Waals surface area contributed by atoms with Gasteiger partial charge in [0.1, 0.15) is 17.3 Å².